The molecule has 0 aliphatic heterocycles. The topological polar surface area (TPSA) is 47.6 Å². The monoisotopic (exact) mass is 221 g/mol. The molecule has 1 aromatic rings. The number of nitrogens with zero attached hydrogens (tertiary/aromatic N) is 2. The van der Waals surface area contributed by atoms with Crippen molar-refractivity contribution in [2.24, 2.45) is 11.8 Å². The quantitative estimate of drug-likeness (QED) is 0.676. The van der Waals surface area contributed by atoms with Gasteiger partial charge in [0.2, 0.25) is 0 Å². The van der Waals surface area contributed by atoms with Crippen LogP contribution in [0.1, 0.15) is 31.7 Å². The molecule has 2 bridgehead atoms. The molecule has 5 atom stereocenters. The highest BCUT2D eigenvalue weighted by atomic mass is 14.7. The number of hydrogen-bond donors (Lipinski definition) is 0. The second kappa shape index (κ2) is 2.54. The van der Waals surface area contributed by atoms with Crippen LogP contribution in [-0.4, -0.2) is 0 Å². The lowest BCUT2D eigenvalue weighted by Gasteiger charge is -2.50. The van der Waals surface area contributed by atoms with Crippen molar-refractivity contribution in [3.8, 4) is 12.1 Å². The summed E-state index contributed by atoms with van der Waals surface area (Å²) in [6, 6.07) is 12.7. The smallest absolute Gasteiger partial charge is 0.0859 e. The highest BCUT2D eigenvalue weighted by Crippen LogP contribution is 2.69. The Morgan fingerprint density at radius 2 is 1.94 bits per heavy atom. The lowest BCUT2D eigenvalue weighted by Crippen LogP contribution is -2.50. The van der Waals surface area contributed by atoms with Crippen LogP contribution in [0, 0.1) is 34.5 Å². The average molecular weight is 221 g/mol. The van der Waals surface area contributed by atoms with Gasteiger partial charge in [0.05, 0.1) is 23.0 Å². The number of nitriles is 2. The van der Waals surface area contributed by atoms with Gasteiger partial charge in [-0.05, 0) is 42.2 Å². The second-order valence-electron chi connectivity index (χ2n) is 5.57. The van der Waals surface area contributed by atoms with Crippen LogP contribution in [-0.2, 0) is 10.8 Å². The number of rotatable bonds is 0. The maximum Gasteiger partial charge on any atom is 0.0859 e. The molecule has 0 radical (unpaired) electrons. The summed E-state index contributed by atoms with van der Waals surface area (Å²) in [5.74, 6) is 0.455. The van der Waals surface area contributed by atoms with Crippen molar-refractivity contribution in [2.75, 3.05) is 0 Å². The van der Waals surface area contributed by atoms with Crippen LogP contribution in [0.15, 0.2) is 24.3 Å². The Morgan fingerprint density at radius 3 is 2.65 bits per heavy atom. The molecule has 4 rings (SSSR count). The molecule has 0 saturated heterocycles. The van der Waals surface area contributed by atoms with Gasteiger partial charge >= 0.3 is 0 Å². The Balaban J connectivity index is 2.10. The van der Waals surface area contributed by atoms with E-state index in [0.29, 0.717) is 5.92 Å². The molecule has 2 heteroatoms. The lowest BCUT2D eigenvalue weighted by atomic mass is 9.50. The van der Waals surface area contributed by atoms with Gasteiger partial charge in [-0.25, -0.2) is 0 Å². The van der Waals surface area contributed by atoms with E-state index in [4.69, 9.17) is 1.37 Å². The van der Waals surface area contributed by atoms with Crippen molar-refractivity contribution in [3.63, 3.8) is 0 Å². The molecule has 17 heavy (non-hydrogen) atoms. The average Bonchev–Trinajstić information content (AvgIpc) is 2.51. The predicted octanol–water partition coefficient (Wildman–Crippen LogP) is 2.65. The van der Waals surface area contributed by atoms with Crippen molar-refractivity contribution in [1.29, 1.82) is 10.5 Å². The zero-order valence-corrected chi connectivity index (χ0v) is 9.35. The molecule has 2 fully saturated rings. The van der Waals surface area contributed by atoms with Gasteiger partial charge in [-0.3, -0.25) is 0 Å². The van der Waals surface area contributed by atoms with Gasteiger partial charge in [0.1, 0.15) is 0 Å². The van der Waals surface area contributed by atoms with Crippen molar-refractivity contribution < 1.29 is 1.37 Å². The Kier molecular flexibility index (Phi) is 1.24. The van der Waals surface area contributed by atoms with Crippen LogP contribution < -0.4 is 0 Å². The molecule has 0 amide bonds. The van der Waals surface area contributed by atoms with E-state index in [1.165, 1.54) is 0 Å². The molecule has 2 saturated carbocycles. The Morgan fingerprint density at radius 1 is 1.18 bits per heavy atom. The van der Waals surface area contributed by atoms with Crippen LogP contribution in [0.5, 0.6) is 0 Å². The van der Waals surface area contributed by atoms with Gasteiger partial charge in [0.25, 0.3) is 0 Å². The summed E-state index contributed by atoms with van der Waals surface area (Å²) in [6.07, 6.45) is 1.17. The SMILES string of the molecule is [2H][C@@H]1[C@@H]2C3C[C@@]1(C#N)c1ccccc1[C@@]2(C#N)C3. The highest BCUT2D eigenvalue weighted by Gasteiger charge is 2.68. The normalized spacial score (nSPS) is 49.3. The number of hydrogen-bond acceptors (Lipinski definition) is 2. The molecular weight excluding hydrogens is 208 g/mol. The minimum atomic E-state index is -0.664. The van der Waals surface area contributed by atoms with E-state index in [0.717, 1.165) is 24.0 Å². The van der Waals surface area contributed by atoms with E-state index in [-0.39, 0.29) is 5.92 Å². The minimum absolute atomic E-state index is 0.0667. The summed E-state index contributed by atoms with van der Waals surface area (Å²) in [7, 11) is 0. The lowest BCUT2D eigenvalue weighted by molar-refractivity contribution is 0.104. The number of fused-ring (bicyclic) bond motifs is 4. The van der Waals surface area contributed by atoms with Crippen LogP contribution >= 0.6 is 0 Å². The summed E-state index contributed by atoms with van der Waals surface area (Å²) in [5, 5.41) is 19.2. The van der Waals surface area contributed by atoms with Gasteiger partial charge in [-0.1, -0.05) is 24.3 Å². The molecule has 3 aliphatic carbocycles. The first kappa shape index (κ1) is 8.31. The second-order valence-corrected chi connectivity index (χ2v) is 5.57. The van der Waals surface area contributed by atoms with Crippen molar-refractivity contribution >= 4 is 0 Å². The molecule has 0 N–H and O–H groups in total. The molecule has 3 aliphatic rings. The van der Waals surface area contributed by atoms with E-state index in [1.807, 2.05) is 24.3 Å². The third-order valence-electron chi connectivity index (χ3n) is 5.00. The fourth-order valence-corrected chi connectivity index (χ4v) is 4.26. The van der Waals surface area contributed by atoms with Gasteiger partial charge in [0.15, 0.2) is 0 Å². The molecule has 1 aromatic carbocycles. The summed E-state index contributed by atoms with van der Waals surface area (Å²) >= 11 is 0. The van der Waals surface area contributed by atoms with E-state index in [2.05, 4.69) is 12.1 Å². The molecule has 82 valence electrons. The fraction of sp³-hybridized carbons (Fsp3) is 0.467. The summed E-state index contributed by atoms with van der Waals surface area (Å²) in [6.45, 7) is 0. The number of benzene rings is 1. The van der Waals surface area contributed by atoms with Gasteiger partial charge in [0, 0.05) is 1.37 Å². The first-order chi connectivity index (χ1) is 8.69. The highest BCUT2D eigenvalue weighted by molar-refractivity contribution is 5.55. The molecular formula is C15H12N2. The fourth-order valence-electron chi connectivity index (χ4n) is 4.26. The van der Waals surface area contributed by atoms with E-state index in [1.54, 1.807) is 0 Å². The minimum Gasteiger partial charge on any atom is -0.197 e. The zero-order valence-electron chi connectivity index (χ0n) is 10.4. The van der Waals surface area contributed by atoms with E-state index >= 15 is 0 Å². The van der Waals surface area contributed by atoms with Crippen molar-refractivity contribution in [3.05, 3.63) is 35.4 Å². The van der Waals surface area contributed by atoms with E-state index < -0.39 is 17.2 Å². The standard InChI is InChI=1S/C15H12N2/c16-8-14-5-10-6-15(9-17,13(10)7-14)12-4-2-1-3-11(12)14/h1-4,10,13H,5-7H2/t10?,13-,14-,15+/m1/s1/i7D/t7-,10?,13-,14-,15+. The van der Waals surface area contributed by atoms with Crippen LogP contribution in [0.25, 0.3) is 0 Å². The van der Waals surface area contributed by atoms with E-state index in [9.17, 15) is 10.5 Å². The van der Waals surface area contributed by atoms with Crippen LogP contribution in [0.2, 0.25) is 0 Å². The molecule has 0 aromatic heterocycles. The van der Waals surface area contributed by atoms with Gasteiger partial charge in [-0.15, -0.1) is 0 Å². The Labute approximate surface area is 102 Å². The molecule has 1 unspecified atom stereocenters. The van der Waals surface area contributed by atoms with Crippen LogP contribution in [0.4, 0.5) is 0 Å². The third kappa shape index (κ3) is 0.776. The first-order valence-corrected chi connectivity index (χ1v) is 6.04. The van der Waals surface area contributed by atoms with Crippen molar-refractivity contribution in [1.82, 2.24) is 0 Å². The largest absolute Gasteiger partial charge is 0.197 e. The van der Waals surface area contributed by atoms with Crippen molar-refractivity contribution in [2.45, 2.75) is 30.1 Å². The maximum atomic E-state index is 9.63. The third-order valence-corrected chi connectivity index (χ3v) is 5.00. The maximum absolute atomic E-state index is 9.63. The summed E-state index contributed by atoms with van der Waals surface area (Å²) < 4.78 is 8.44. The van der Waals surface area contributed by atoms with Gasteiger partial charge in [-0.2, -0.15) is 10.5 Å². The first-order valence-electron chi connectivity index (χ1n) is 6.62. The van der Waals surface area contributed by atoms with Gasteiger partial charge < -0.3 is 0 Å². The summed E-state index contributed by atoms with van der Waals surface area (Å²) in [4.78, 5) is 0. The predicted molar refractivity (Wildman–Crippen MR) is 61.9 cm³/mol. The molecule has 2 nitrogen and oxygen atoms in total. The zero-order chi connectivity index (χ0) is 12.5. The Hall–Kier alpha value is -1.80. The summed E-state index contributed by atoms with van der Waals surface area (Å²) in [5.41, 5.74) is 0.828. The Bertz CT molecular complexity index is 641. The molecule has 0 spiro atoms. The molecule has 0 heterocycles. The van der Waals surface area contributed by atoms with Crippen LogP contribution in [0.3, 0.4) is 0 Å².